The van der Waals surface area contributed by atoms with E-state index in [1.807, 2.05) is 30.0 Å². The number of carbonyl (C=O) groups is 1. The Hall–Kier alpha value is -2.42. The minimum atomic E-state index is -3.68. The smallest absolute Gasteiger partial charge is 0.244 e. The molecule has 0 aliphatic carbocycles. The van der Waals surface area contributed by atoms with Crippen LogP contribution in [0.4, 0.5) is 11.4 Å². The highest BCUT2D eigenvalue weighted by atomic mass is 32.2. The van der Waals surface area contributed by atoms with Crippen LogP contribution < -0.4 is 14.9 Å². The number of amides is 1. The van der Waals surface area contributed by atoms with Crippen LogP contribution in [0.15, 0.2) is 53.4 Å². The zero-order chi connectivity index (χ0) is 21.3. The van der Waals surface area contributed by atoms with Gasteiger partial charge in [0.05, 0.1) is 10.9 Å². The largest absolute Gasteiger partial charge is 0.369 e. The van der Waals surface area contributed by atoms with Gasteiger partial charge in [0, 0.05) is 44.1 Å². The zero-order valence-electron chi connectivity index (χ0n) is 17.2. The zero-order valence-corrected chi connectivity index (χ0v) is 18.0. The number of anilines is 2. The van der Waals surface area contributed by atoms with Gasteiger partial charge in [-0.25, -0.2) is 13.6 Å². The van der Waals surface area contributed by atoms with Crippen molar-refractivity contribution in [3.8, 4) is 0 Å². The van der Waals surface area contributed by atoms with Gasteiger partial charge in [-0.15, -0.1) is 0 Å². The van der Waals surface area contributed by atoms with Crippen molar-refractivity contribution in [2.24, 2.45) is 5.14 Å². The third kappa shape index (κ3) is 4.21. The molecule has 0 radical (unpaired) electrons. The van der Waals surface area contributed by atoms with E-state index in [-0.39, 0.29) is 16.8 Å². The van der Waals surface area contributed by atoms with E-state index < -0.39 is 10.0 Å². The summed E-state index contributed by atoms with van der Waals surface area (Å²) in [5.74, 6) is 0.160. The Labute approximate surface area is 178 Å². The molecule has 2 aromatic rings. The summed E-state index contributed by atoms with van der Waals surface area (Å²) in [6, 6.07) is 14.7. The van der Waals surface area contributed by atoms with E-state index in [0.717, 1.165) is 56.9 Å². The predicted octanol–water partition coefficient (Wildman–Crippen LogP) is 1.82. The molecule has 30 heavy (non-hydrogen) atoms. The Morgan fingerprint density at radius 3 is 2.30 bits per heavy atom. The molecule has 0 spiro atoms. The van der Waals surface area contributed by atoms with Crippen molar-refractivity contribution in [2.45, 2.75) is 30.7 Å². The highest BCUT2D eigenvalue weighted by Crippen LogP contribution is 2.28. The Kier molecular flexibility index (Phi) is 5.81. The van der Waals surface area contributed by atoms with Crippen LogP contribution in [0.25, 0.3) is 0 Å². The van der Waals surface area contributed by atoms with Gasteiger partial charge in [0.1, 0.15) is 0 Å². The normalized spacial score (nSPS) is 18.7. The van der Waals surface area contributed by atoms with Crippen LogP contribution in [0.5, 0.6) is 0 Å². The van der Waals surface area contributed by atoms with E-state index >= 15 is 0 Å². The minimum absolute atomic E-state index is 0.117. The average molecular weight is 429 g/mol. The van der Waals surface area contributed by atoms with Crippen molar-refractivity contribution in [3.63, 3.8) is 0 Å². The van der Waals surface area contributed by atoms with Gasteiger partial charge in [0.2, 0.25) is 15.9 Å². The van der Waals surface area contributed by atoms with Crippen LogP contribution in [-0.4, -0.2) is 58.0 Å². The van der Waals surface area contributed by atoms with Gasteiger partial charge in [-0.05, 0) is 55.7 Å². The first-order chi connectivity index (χ1) is 14.3. The SMILES string of the molecule is CC(C(=O)N1CCCc2ccccc21)N1CCN(c2ccc(S(N)(=O)=O)cc2)CC1. The molecule has 0 bridgehead atoms. The molecular weight excluding hydrogens is 400 g/mol. The number of nitrogens with two attached hydrogens (primary N) is 1. The number of hydrogen-bond acceptors (Lipinski definition) is 5. The van der Waals surface area contributed by atoms with E-state index in [1.54, 1.807) is 12.1 Å². The molecule has 7 nitrogen and oxygen atoms in total. The first kappa shape index (κ1) is 20.8. The molecule has 1 unspecified atom stereocenters. The molecular formula is C22H28N4O3S. The lowest BCUT2D eigenvalue weighted by Crippen LogP contribution is -2.55. The van der Waals surface area contributed by atoms with Crippen LogP contribution in [0, 0.1) is 0 Å². The summed E-state index contributed by atoms with van der Waals surface area (Å²) in [6.07, 6.45) is 2.02. The molecule has 1 saturated heterocycles. The monoisotopic (exact) mass is 428 g/mol. The van der Waals surface area contributed by atoms with Gasteiger partial charge in [-0.3, -0.25) is 9.69 Å². The molecule has 8 heteroatoms. The lowest BCUT2D eigenvalue weighted by atomic mass is 10.0. The number of piperazine rings is 1. The second-order valence-electron chi connectivity index (χ2n) is 7.96. The number of fused-ring (bicyclic) bond motifs is 1. The van der Waals surface area contributed by atoms with Crippen molar-refractivity contribution in [3.05, 3.63) is 54.1 Å². The molecule has 1 amide bonds. The van der Waals surface area contributed by atoms with E-state index in [2.05, 4.69) is 15.9 Å². The van der Waals surface area contributed by atoms with E-state index in [4.69, 9.17) is 5.14 Å². The van der Waals surface area contributed by atoms with Crippen LogP contribution in [0.3, 0.4) is 0 Å². The fourth-order valence-electron chi connectivity index (χ4n) is 4.36. The number of benzene rings is 2. The minimum Gasteiger partial charge on any atom is -0.369 e. The molecule has 1 fully saturated rings. The van der Waals surface area contributed by atoms with Gasteiger partial charge in [0.15, 0.2) is 0 Å². The second-order valence-corrected chi connectivity index (χ2v) is 9.52. The predicted molar refractivity (Wildman–Crippen MR) is 118 cm³/mol. The first-order valence-electron chi connectivity index (χ1n) is 10.4. The van der Waals surface area contributed by atoms with Crippen LogP contribution in [0.1, 0.15) is 18.9 Å². The van der Waals surface area contributed by atoms with Crippen LogP contribution >= 0.6 is 0 Å². The molecule has 2 N–H and O–H groups in total. The standard InChI is InChI=1S/C22H28N4O3S/c1-17(22(27)26-12-4-6-18-5-2-3-7-21(18)26)24-13-15-25(16-14-24)19-8-10-20(11-9-19)30(23,28)29/h2-3,5,7-11,17H,4,6,12-16H2,1H3,(H2,23,28,29). The molecule has 160 valence electrons. The van der Waals surface area contributed by atoms with Gasteiger partial charge in [0.25, 0.3) is 0 Å². The number of para-hydroxylation sites is 1. The number of rotatable bonds is 4. The highest BCUT2D eigenvalue weighted by molar-refractivity contribution is 7.89. The molecule has 0 saturated carbocycles. The fourth-order valence-corrected chi connectivity index (χ4v) is 4.87. The molecule has 4 rings (SSSR count). The Morgan fingerprint density at radius 2 is 1.63 bits per heavy atom. The van der Waals surface area contributed by atoms with Crippen molar-refractivity contribution in [1.29, 1.82) is 0 Å². The van der Waals surface area contributed by atoms with Crippen molar-refractivity contribution >= 4 is 27.3 Å². The van der Waals surface area contributed by atoms with Gasteiger partial charge >= 0.3 is 0 Å². The van der Waals surface area contributed by atoms with Gasteiger partial charge < -0.3 is 9.80 Å². The van der Waals surface area contributed by atoms with Crippen molar-refractivity contribution in [2.75, 3.05) is 42.5 Å². The maximum absolute atomic E-state index is 13.2. The van der Waals surface area contributed by atoms with Crippen LogP contribution in [-0.2, 0) is 21.2 Å². The highest BCUT2D eigenvalue weighted by Gasteiger charge is 2.31. The topological polar surface area (TPSA) is 86.9 Å². The maximum atomic E-state index is 13.2. The van der Waals surface area contributed by atoms with Crippen molar-refractivity contribution in [1.82, 2.24) is 4.90 Å². The van der Waals surface area contributed by atoms with E-state index in [9.17, 15) is 13.2 Å². The number of primary sulfonamides is 1. The number of aryl methyl sites for hydroxylation is 1. The van der Waals surface area contributed by atoms with Gasteiger partial charge in [-0.1, -0.05) is 18.2 Å². The Balaban J connectivity index is 1.39. The number of carbonyl (C=O) groups excluding carboxylic acids is 1. The number of hydrogen-bond donors (Lipinski definition) is 1. The molecule has 0 aromatic heterocycles. The molecule has 2 aliphatic rings. The summed E-state index contributed by atoms with van der Waals surface area (Å²) in [5, 5.41) is 5.17. The van der Waals surface area contributed by atoms with Crippen LogP contribution in [0.2, 0.25) is 0 Å². The van der Waals surface area contributed by atoms with Gasteiger partial charge in [-0.2, -0.15) is 0 Å². The summed E-state index contributed by atoms with van der Waals surface area (Å²) in [7, 11) is -3.68. The third-order valence-corrected chi connectivity index (χ3v) is 7.06. The average Bonchev–Trinajstić information content (AvgIpc) is 2.77. The van der Waals surface area contributed by atoms with Crippen molar-refractivity contribution < 1.29 is 13.2 Å². The molecule has 2 aliphatic heterocycles. The Morgan fingerprint density at radius 1 is 0.967 bits per heavy atom. The van der Waals surface area contributed by atoms with E-state index in [1.165, 1.54) is 17.7 Å². The number of sulfonamides is 1. The number of nitrogens with zero attached hydrogens (tertiary/aromatic N) is 3. The quantitative estimate of drug-likeness (QED) is 0.803. The first-order valence-corrected chi connectivity index (χ1v) is 11.9. The molecule has 2 heterocycles. The third-order valence-electron chi connectivity index (χ3n) is 6.13. The Bertz CT molecular complexity index is 1010. The fraction of sp³-hybridized carbons (Fsp3) is 0.409. The lowest BCUT2D eigenvalue weighted by Gasteiger charge is -2.40. The lowest BCUT2D eigenvalue weighted by molar-refractivity contribution is -0.123. The second kappa shape index (κ2) is 8.37. The molecule has 2 aromatic carbocycles. The maximum Gasteiger partial charge on any atom is 0.244 e. The van der Waals surface area contributed by atoms with E-state index in [0.29, 0.717) is 0 Å². The summed E-state index contributed by atoms with van der Waals surface area (Å²) in [6.45, 7) is 5.89. The molecule has 1 atom stereocenters. The summed E-state index contributed by atoms with van der Waals surface area (Å²) in [5.41, 5.74) is 3.26. The summed E-state index contributed by atoms with van der Waals surface area (Å²) < 4.78 is 22.9. The summed E-state index contributed by atoms with van der Waals surface area (Å²) >= 11 is 0. The summed E-state index contributed by atoms with van der Waals surface area (Å²) in [4.78, 5) is 19.7.